The quantitative estimate of drug-likeness (QED) is 0.460. The summed E-state index contributed by atoms with van der Waals surface area (Å²) in [4.78, 5) is 20.3. The van der Waals surface area contributed by atoms with Crippen molar-refractivity contribution in [2.24, 2.45) is 0 Å². The Hall–Kier alpha value is -1.06. The number of unbranched alkanes of at least 4 members (excludes halogenated alkanes) is 2. The molecule has 0 heterocycles. The van der Waals surface area contributed by atoms with Crippen molar-refractivity contribution >= 4 is 11.9 Å². The van der Waals surface area contributed by atoms with E-state index in [1.807, 2.05) is 6.92 Å². The van der Waals surface area contributed by atoms with Gasteiger partial charge in [0, 0.05) is 6.54 Å². The molecule has 0 fully saturated rings. The van der Waals surface area contributed by atoms with E-state index in [4.69, 9.17) is 5.11 Å². The minimum Gasteiger partial charge on any atom is -0.474 e. The number of carbonyl (C=O) groups is 2. The number of amides is 1. The summed E-state index contributed by atoms with van der Waals surface area (Å²) in [5.41, 5.74) is 0. The fourth-order valence-electron chi connectivity index (χ4n) is 0.653. The van der Waals surface area contributed by atoms with E-state index in [1.54, 1.807) is 0 Å². The third kappa shape index (κ3) is 5.39. The van der Waals surface area contributed by atoms with Crippen LogP contribution in [0.3, 0.4) is 0 Å². The normalized spacial score (nSPS) is 9.18. The zero-order valence-corrected chi connectivity index (χ0v) is 6.59. The van der Waals surface area contributed by atoms with Crippen LogP contribution < -0.4 is 5.32 Å². The van der Waals surface area contributed by atoms with E-state index in [0.717, 1.165) is 19.3 Å². The largest absolute Gasteiger partial charge is 0.474 e. The molecule has 0 aromatic rings. The molecule has 0 aliphatic rings. The molecule has 0 rings (SSSR count). The monoisotopic (exact) mass is 159 g/mol. The van der Waals surface area contributed by atoms with Crippen LogP contribution in [0.25, 0.3) is 0 Å². The van der Waals surface area contributed by atoms with Crippen LogP contribution in [0.1, 0.15) is 26.2 Å². The Kier molecular flexibility index (Phi) is 5.15. The van der Waals surface area contributed by atoms with Crippen LogP contribution in [0.5, 0.6) is 0 Å². The zero-order chi connectivity index (χ0) is 8.69. The van der Waals surface area contributed by atoms with E-state index in [-0.39, 0.29) is 0 Å². The van der Waals surface area contributed by atoms with Gasteiger partial charge >= 0.3 is 11.9 Å². The van der Waals surface area contributed by atoms with Crippen LogP contribution in [0, 0.1) is 0 Å². The van der Waals surface area contributed by atoms with Crippen molar-refractivity contribution in [3.05, 3.63) is 0 Å². The van der Waals surface area contributed by atoms with Crippen LogP contribution in [0.15, 0.2) is 0 Å². The topological polar surface area (TPSA) is 66.4 Å². The minimum absolute atomic E-state index is 0.457. The standard InChI is InChI=1S/C7H13NO3/c1-2-3-4-5-8-6(9)7(10)11/h2-5H2,1H3,(H,8,9)(H,10,11). The molecule has 2 N–H and O–H groups in total. The highest BCUT2D eigenvalue weighted by Gasteiger charge is 2.08. The van der Waals surface area contributed by atoms with Gasteiger partial charge in [0.2, 0.25) is 0 Å². The molecule has 1 amide bonds. The molecule has 0 atom stereocenters. The predicted molar refractivity (Wildman–Crippen MR) is 40.2 cm³/mol. The van der Waals surface area contributed by atoms with Crippen molar-refractivity contribution in [2.45, 2.75) is 26.2 Å². The molecule has 4 nitrogen and oxygen atoms in total. The van der Waals surface area contributed by atoms with Crippen molar-refractivity contribution in [3.63, 3.8) is 0 Å². The van der Waals surface area contributed by atoms with Gasteiger partial charge < -0.3 is 10.4 Å². The van der Waals surface area contributed by atoms with Crippen LogP contribution in [-0.2, 0) is 9.59 Å². The van der Waals surface area contributed by atoms with Crippen molar-refractivity contribution in [1.29, 1.82) is 0 Å². The second-order valence-electron chi connectivity index (χ2n) is 2.27. The molecule has 4 heteroatoms. The number of aliphatic carboxylic acids is 1. The maximum atomic E-state index is 10.4. The highest BCUT2D eigenvalue weighted by atomic mass is 16.4. The summed E-state index contributed by atoms with van der Waals surface area (Å²) in [7, 11) is 0. The summed E-state index contributed by atoms with van der Waals surface area (Å²) in [5.74, 6) is -2.33. The first-order valence-electron chi connectivity index (χ1n) is 3.69. The van der Waals surface area contributed by atoms with Gasteiger partial charge in [-0.05, 0) is 6.42 Å². The van der Waals surface area contributed by atoms with Gasteiger partial charge in [-0.2, -0.15) is 0 Å². The average Bonchev–Trinajstić information content (AvgIpc) is 1.97. The lowest BCUT2D eigenvalue weighted by molar-refractivity contribution is -0.150. The number of carbonyl (C=O) groups excluding carboxylic acids is 1. The molecule has 0 bridgehead atoms. The number of carboxylic acids is 1. The molecule has 0 aromatic heterocycles. The summed E-state index contributed by atoms with van der Waals surface area (Å²) < 4.78 is 0. The van der Waals surface area contributed by atoms with E-state index < -0.39 is 11.9 Å². The third-order valence-corrected chi connectivity index (χ3v) is 1.26. The van der Waals surface area contributed by atoms with Gasteiger partial charge in [0.15, 0.2) is 0 Å². The second-order valence-corrected chi connectivity index (χ2v) is 2.27. The molecule has 0 unspecified atom stereocenters. The first kappa shape index (κ1) is 9.94. The van der Waals surface area contributed by atoms with Gasteiger partial charge in [0.05, 0.1) is 0 Å². The Labute approximate surface area is 65.6 Å². The van der Waals surface area contributed by atoms with Crippen molar-refractivity contribution < 1.29 is 14.7 Å². The van der Waals surface area contributed by atoms with Gasteiger partial charge in [0.25, 0.3) is 0 Å². The highest BCUT2D eigenvalue weighted by molar-refractivity contribution is 6.31. The lowest BCUT2D eigenvalue weighted by atomic mass is 10.2. The molecule has 64 valence electrons. The molecular weight excluding hydrogens is 146 g/mol. The number of carboxylic acid groups (broad SMARTS) is 1. The van der Waals surface area contributed by atoms with E-state index in [2.05, 4.69) is 5.32 Å². The lowest BCUT2D eigenvalue weighted by Crippen LogP contribution is -2.31. The Morgan fingerprint density at radius 2 is 2.00 bits per heavy atom. The van der Waals surface area contributed by atoms with Gasteiger partial charge in [-0.25, -0.2) is 4.79 Å². The Morgan fingerprint density at radius 1 is 1.36 bits per heavy atom. The van der Waals surface area contributed by atoms with E-state index in [9.17, 15) is 9.59 Å². The highest BCUT2D eigenvalue weighted by Crippen LogP contribution is 1.90. The summed E-state index contributed by atoms with van der Waals surface area (Å²) in [6.45, 7) is 2.50. The molecule has 0 radical (unpaired) electrons. The number of hydrogen-bond donors (Lipinski definition) is 2. The first-order chi connectivity index (χ1) is 5.18. The number of hydrogen-bond acceptors (Lipinski definition) is 2. The van der Waals surface area contributed by atoms with Crippen LogP contribution in [-0.4, -0.2) is 23.5 Å². The predicted octanol–water partition coefficient (Wildman–Crippen LogP) is 0.377. The summed E-state index contributed by atoms with van der Waals surface area (Å²) in [6, 6.07) is 0. The second kappa shape index (κ2) is 5.70. The molecule has 0 aliphatic heterocycles. The molecule has 0 saturated heterocycles. The average molecular weight is 159 g/mol. The summed E-state index contributed by atoms with van der Waals surface area (Å²) >= 11 is 0. The number of nitrogens with one attached hydrogen (secondary N) is 1. The fraction of sp³-hybridized carbons (Fsp3) is 0.714. The molecular formula is C7H13NO3. The molecule has 11 heavy (non-hydrogen) atoms. The van der Waals surface area contributed by atoms with E-state index in [1.165, 1.54) is 0 Å². The Bertz CT molecular complexity index is 145. The van der Waals surface area contributed by atoms with E-state index in [0.29, 0.717) is 6.54 Å². The van der Waals surface area contributed by atoms with Crippen LogP contribution in [0.2, 0.25) is 0 Å². The maximum absolute atomic E-state index is 10.4. The van der Waals surface area contributed by atoms with Crippen molar-refractivity contribution in [3.8, 4) is 0 Å². The van der Waals surface area contributed by atoms with Crippen LogP contribution in [0.4, 0.5) is 0 Å². The van der Waals surface area contributed by atoms with Crippen molar-refractivity contribution in [2.75, 3.05) is 6.54 Å². The summed E-state index contributed by atoms with van der Waals surface area (Å²) in [6.07, 6.45) is 2.92. The smallest absolute Gasteiger partial charge is 0.394 e. The van der Waals surface area contributed by atoms with Gasteiger partial charge in [0.1, 0.15) is 0 Å². The SMILES string of the molecule is CCCCCNC(=O)C(=O)O. The van der Waals surface area contributed by atoms with Gasteiger partial charge in [-0.3, -0.25) is 4.79 Å². The zero-order valence-electron chi connectivity index (χ0n) is 6.59. The Morgan fingerprint density at radius 3 is 2.45 bits per heavy atom. The number of rotatable bonds is 4. The van der Waals surface area contributed by atoms with Crippen molar-refractivity contribution in [1.82, 2.24) is 5.32 Å². The van der Waals surface area contributed by atoms with Gasteiger partial charge in [-0.15, -0.1) is 0 Å². The van der Waals surface area contributed by atoms with Crippen LogP contribution >= 0.6 is 0 Å². The third-order valence-electron chi connectivity index (χ3n) is 1.26. The summed E-state index contributed by atoms with van der Waals surface area (Å²) in [5, 5.41) is 10.4. The molecule has 0 aromatic carbocycles. The van der Waals surface area contributed by atoms with Gasteiger partial charge in [-0.1, -0.05) is 19.8 Å². The Balaban J connectivity index is 3.25. The minimum atomic E-state index is -1.42. The first-order valence-corrected chi connectivity index (χ1v) is 3.69. The van der Waals surface area contributed by atoms with E-state index >= 15 is 0 Å². The fourth-order valence-corrected chi connectivity index (χ4v) is 0.653. The molecule has 0 aliphatic carbocycles. The maximum Gasteiger partial charge on any atom is 0.394 e. The molecule has 0 saturated carbocycles. The molecule has 0 spiro atoms. The lowest BCUT2D eigenvalue weighted by Gasteiger charge is -1.99.